The van der Waals surface area contributed by atoms with Crippen molar-refractivity contribution in [3.8, 4) is 11.3 Å². The van der Waals surface area contributed by atoms with Gasteiger partial charge in [-0.2, -0.15) is 0 Å². The molecule has 0 atom stereocenters. The maximum absolute atomic E-state index is 5.65. The molecular formula is C18H24N2S. The first-order valence-corrected chi connectivity index (χ1v) is 8.99. The Labute approximate surface area is 131 Å². The van der Waals surface area contributed by atoms with Gasteiger partial charge in [-0.3, -0.25) is 0 Å². The first-order valence-electron chi connectivity index (χ1n) is 8.11. The molecule has 1 aliphatic carbocycles. The molecule has 0 amide bonds. The molecule has 1 aliphatic rings. The fourth-order valence-electron chi connectivity index (χ4n) is 3.12. The minimum absolute atomic E-state index is 0.602. The molecule has 1 aromatic heterocycles. The highest BCUT2D eigenvalue weighted by Crippen LogP contribution is 2.34. The Kier molecular flexibility index (Phi) is 5.04. The number of rotatable bonds is 3. The van der Waals surface area contributed by atoms with E-state index in [0.29, 0.717) is 12.5 Å². The molecule has 0 aliphatic heterocycles. The third kappa shape index (κ3) is 3.72. The van der Waals surface area contributed by atoms with E-state index in [1.54, 1.807) is 0 Å². The van der Waals surface area contributed by atoms with Crippen LogP contribution in [0.4, 0.5) is 0 Å². The molecule has 0 saturated heterocycles. The van der Waals surface area contributed by atoms with Crippen molar-refractivity contribution in [3.63, 3.8) is 0 Å². The quantitative estimate of drug-likeness (QED) is 0.856. The summed E-state index contributed by atoms with van der Waals surface area (Å²) in [5.41, 5.74) is 9.16. The van der Waals surface area contributed by atoms with Gasteiger partial charge in [-0.15, -0.1) is 11.3 Å². The van der Waals surface area contributed by atoms with Gasteiger partial charge in [-0.05, 0) is 18.4 Å². The Morgan fingerprint density at radius 2 is 1.67 bits per heavy atom. The summed E-state index contributed by atoms with van der Waals surface area (Å²) < 4.78 is 0. The summed E-state index contributed by atoms with van der Waals surface area (Å²) in [5.74, 6) is 0.687. The van der Waals surface area contributed by atoms with E-state index >= 15 is 0 Å². The van der Waals surface area contributed by atoms with E-state index in [4.69, 9.17) is 10.7 Å². The van der Waals surface area contributed by atoms with E-state index in [0.717, 1.165) is 5.69 Å². The van der Waals surface area contributed by atoms with E-state index in [2.05, 4.69) is 29.6 Å². The fourth-order valence-corrected chi connectivity index (χ4v) is 4.12. The Morgan fingerprint density at radius 1 is 1.00 bits per heavy atom. The first-order chi connectivity index (χ1) is 10.4. The lowest BCUT2D eigenvalue weighted by atomic mass is 9.92. The average Bonchev–Trinajstić information content (AvgIpc) is 2.97. The molecule has 0 bridgehead atoms. The van der Waals surface area contributed by atoms with Crippen molar-refractivity contribution in [1.82, 2.24) is 4.98 Å². The molecule has 1 aromatic carbocycles. The normalized spacial score (nSPS) is 17.4. The van der Waals surface area contributed by atoms with Crippen LogP contribution in [-0.2, 0) is 6.54 Å². The van der Waals surface area contributed by atoms with Crippen molar-refractivity contribution in [2.24, 2.45) is 5.73 Å². The third-order valence-electron chi connectivity index (χ3n) is 4.46. The van der Waals surface area contributed by atoms with Gasteiger partial charge in [-0.1, -0.05) is 56.4 Å². The largest absolute Gasteiger partial charge is 0.326 e. The van der Waals surface area contributed by atoms with Gasteiger partial charge in [0.05, 0.1) is 10.7 Å². The van der Waals surface area contributed by atoms with Gasteiger partial charge in [0.25, 0.3) is 0 Å². The van der Waals surface area contributed by atoms with E-state index in [1.807, 2.05) is 11.3 Å². The molecule has 21 heavy (non-hydrogen) atoms. The Bertz CT molecular complexity index is 551. The van der Waals surface area contributed by atoms with Crippen LogP contribution < -0.4 is 5.73 Å². The molecule has 3 heteroatoms. The zero-order valence-electron chi connectivity index (χ0n) is 12.6. The van der Waals surface area contributed by atoms with Crippen molar-refractivity contribution in [1.29, 1.82) is 0 Å². The lowest BCUT2D eigenvalue weighted by Crippen LogP contribution is -2.02. The smallest absolute Gasteiger partial charge is 0.0963 e. The molecule has 1 heterocycles. The number of hydrogen-bond acceptors (Lipinski definition) is 3. The SMILES string of the molecule is NCc1ccc(-c2csc(C3CCCCCCC3)n2)cc1. The minimum atomic E-state index is 0.602. The zero-order valence-corrected chi connectivity index (χ0v) is 13.4. The Balaban J connectivity index is 1.74. The lowest BCUT2D eigenvalue weighted by Gasteiger charge is -2.17. The Hall–Kier alpha value is -1.19. The first kappa shape index (κ1) is 14.7. The number of benzene rings is 1. The molecule has 0 unspecified atom stereocenters. The molecule has 2 aromatic rings. The summed E-state index contributed by atoms with van der Waals surface area (Å²) in [5, 5.41) is 3.56. The second-order valence-electron chi connectivity index (χ2n) is 6.01. The van der Waals surface area contributed by atoms with Gasteiger partial charge in [0.15, 0.2) is 0 Å². The number of hydrogen-bond donors (Lipinski definition) is 1. The zero-order chi connectivity index (χ0) is 14.5. The standard InChI is InChI=1S/C18H24N2S/c19-12-14-8-10-15(11-9-14)17-13-21-18(20-17)16-6-4-2-1-3-5-7-16/h8-11,13,16H,1-7,12,19H2. The van der Waals surface area contributed by atoms with Gasteiger partial charge in [0, 0.05) is 23.4 Å². The Morgan fingerprint density at radius 3 is 2.33 bits per heavy atom. The van der Waals surface area contributed by atoms with E-state index in [-0.39, 0.29) is 0 Å². The van der Waals surface area contributed by atoms with Crippen LogP contribution in [0.3, 0.4) is 0 Å². The average molecular weight is 300 g/mol. The van der Waals surface area contributed by atoms with Gasteiger partial charge in [-0.25, -0.2) is 4.98 Å². The van der Waals surface area contributed by atoms with E-state index in [1.165, 1.54) is 61.1 Å². The van der Waals surface area contributed by atoms with Crippen LogP contribution in [0.2, 0.25) is 0 Å². The van der Waals surface area contributed by atoms with Crippen LogP contribution in [0.15, 0.2) is 29.6 Å². The lowest BCUT2D eigenvalue weighted by molar-refractivity contribution is 0.454. The summed E-state index contributed by atoms with van der Waals surface area (Å²) in [6.07, 6.45) is 9.58. The predicted octanol–water partition coefficient (Wildman–Crippen LogP) is 5.10. The van der Waals surface area contributed by atoms with Crippen LogP contribution >= 0.6 is 11.3 Å². The maximum Gasteiger partial charge on any atom is 0.0963 e. The molecule has 112 valence electrons. The molecule has 3 rings (SSSR count). The van der Waals surface area contributed by atoms with Crippen LogP contribution in [0, 0.1) is 0 Å². The molecule has 0 radical (unpaired) electrons. The second-order valence-corrected chi connectivity index (χ2v) is 6.90. The molecule has 2 N–H and O–H groups in total. The van der Waals surface area contributed by atoms with Crippen molar-refractivity contribution >= 4 is 11.3 Å². The monoisotopic (exact) mass is 300 g/mol. The van der Waals surface area contributed by atoms with Crippen molar-refractivity contribution in [3.05, 3.63) is 40.2 Å². The van der Waals surface area contributed by atoms with Gasteiger partial charge in [0.1, 0.15) is 0 Å². The summed E-state index contributed by atoms with van der Waals surface area (Å²) >= 11 is 1.84. The van der Waals surface area contributed by atoms with Crippen LogP contribution in [0.25, 0.3) is 11.3 Å². The fraction of sp³-hybridized carbons (Fsp3) is 0.500. The maximum atomic E-state index is 5.65. The van der Waals surface area contributed by atoms with E-state index in [9.17, 15) is 0 Å². The highest BCUT2D eigenvalue weighted by Gasteiger charge is 2.17. The van der Waals surface area contributed by atoms with Gasteiger partial charge < -0.3 is 5.73 Å². The molecule has 2 nitrogen and oxygen atoms in total. The minimum Gasteiger partial charge on any atom is -0.326 e. The molecule has 1 saturated carbocycles. The molecule has 0 spiro atoms. The highest BCUT2D eigenvalue weighted by molar-refractivity contribution is 7.10. The van der Waals surface area contributed by atoms with Crippen LogP contribution in [0.1, 0.15) is 61.4 Å². The van der Waals surface area contributed by atoms with Crippen LogP contribution in [0.5, 0.6) is 0 Å². The summed E-state index contributed by atoms with van der Waals surface area (Å²) in [6, 6.07) is 8.48. The predicted molar refractivity (Wildman–Crippen MR) is 90.5 cm³/mol. The van der Waals surface area contributed by atoms with Crippen molar-refractivity contribution in [2.45, 2.75) is 57.4 Å². The number of thiazole rings is 1. The summed E-state index contributed by atoms with van der Waals surface area (Å²) in [7, 11) is 0. The van der Waals surface area contributed by atoms with Gasteiger partial charge >= 0.3 is 0 Å². The third-order valence-corrected chi connectivity index (χ3v) is 5.47. The number of aromatic nitrogens is 1. The van der Waals surface area contributed by atoms with Crippen molar-refractivity contribution < 1.29 is 0 Å². The van der Waals surface area contributed by atoms with Crippen LogP contribution in [-0.4, -0.2) is 4.98 Å². The topological polar surface area (TPSA) is 38.9 Å². The second kappa shape index (κ2) is 7.19. The van der Waals surface area contributed by atoms with Gasteiger partial charge in [0.2, 0.25) is 0 Å². The molecule has 1 fully saturated rings. The number of nitrogens with two attached hydrogens (primary N) is 1. The highest BCUT2D eigenvalue weighted by atomic mass is 32.1. The number of nitrogens with zero attached hydrogens (tertiary/aromatic N) is 1. The van der Waals surface area contributed by atoms with E-state index < -0.39 is 0 Å². The van der Waals surface area contributed by atoms with Crippen molar-refractivity contribution in [2.75, 3.05) is 0 Å². The summed E-state index contributed by atoms with van der Waals surface area (Å²) in [6.45, 7) is 0.602. The summed E-state index contributed by atoms with van der Waals surface area (Å²) in [4.78, 5) is 4.92. The molecular weight excluding hydrogens is 276 g/mol.